The van der Waals surface area contributed by atoms with E-state index in [1.165, 1.54) is 10.9 Å². The first-order chi connectivity index (χ1) is 8.22. The number of aromatic nitrogens is 3. The van der Waals surface area contributed by atoms with E-state index in [0.717, 1.165) is 0 Å². The number of carboxylic acids is 2. The third-order valence-electron chi connectivity index (χ3n) is 2.49. The van der Waals surface area contributed by atoms with Crippen molar-refractivity contribution in [1.82, 2.24) is 15.0 Å². The zero-order valence-corrected chi connectivity index (χ0v) is 10.2. The fraction of sp³-hybridized carbons (Fsp3) is 0.600. The van der Waals surface area contributed by atoms with Crippen LogP contribution in [0, 0.1) is 5.41 Å². The van der Waals surface area contributed by atoms with Gasteiger partial charge in [-0.1, -0.05) is 5.21 Å². The van der Waals surface area contributed by atoms with Gasteiger partial charge >= 0.3 is 11.9 Å². The molecule has 1 aromatic rings. The smallest absolute Gasteiger partial charge is 0.322 e. The van der Waals surface area contributed by atoms with E-state index < -0.39 is 23.4 Å². The van der Waals surface area contributed by atoms with E-state index in [4.69, 9.17) is 15.9 Å². The van der Waals surface area contributed by atoms with Crippen LogP contribution in [-0.2, 0) is 22.6 Å². The fourth-order valence-electron chi connectivity index (χ4n) is 1.32. The molecule has 0 aromatic carbocycles. The first kappa shape index (κ1) is 14.1. The third-order valence-corrected chi connectivity index (χ3v) is 2.49. The minimum absolute atomic E-state index is 0.00413. The van der Waals surface area contributed by atoms with Crippen LogP contribution in [0.15, 0.2) is 6.20 Å². The maximum Gasteiger partial charge on any atom is 0.322 e. The van der Waals surface area contributed by atoms with E-state index in [1.807, 2.05) is 0 Å². The highest BCUT2D eigenvalue weighted by molar-refractivity contribution is 5.74. The first-order valence-electron chi connectivity index (χ1n) is 5.33. The zero-order chi connectivity index (χ0) is 13.9. The summed E-state index contributed by atoms with van der Waals surface area (Å²) in [4.78, 5) is 21.5. The Hall–Kier alpha value is -1.96. The molecule has 0 aliphatic heterocycles. The van der Waals surface area contributed by atoms with E-state index in [-0.39, 0.29) is 13.0 Å². The molecule has 0 bridgehead atoms. The van der Waals surface area contributed by atoms with Gasteiger partial charge in [0.1, 0.15) is 6.04 Å². The van der Waals surface area contributed by atoms with E-state index in [1.54, 1.807) is 13.8 Å². The van der Waals surface area contributed by atoms with E-state index in [2.05, 4.69) is 10.3 Å². The number of nitrogens with two attached hydrogens (primary N) is 1. The predicted octanol–water partition coefficient (Wildman–Crippen LogP) is -0.657. The van der Waals surface area contributed by atoms with Crippen LogP contribution in [0.4, 0.5) is 0 Å². The summed E-state index contributed by atoms with van der Waals surface area (Å²) in [7, 11) is 0. The van der Waals surface area contributed by atoms with E-state index in [9.17, 15) is 9.59 Å². The molecule has 18 heavy (non-hydrogen) atoms. The standard InChI is InChI=1S/C10H16N4O4/c1-10(2,9(17)18)3-6-4-14(13-12-6)5-7(11)8(15)16/h4,7H,3,5,11H2,1-2H3,(H,15,16)(H,17,18). The zero-order valence-electron chi connectivity index (χ0n) is 10.2. The molecule has 100 valence electrons. The van der Waals surface area contributed by atoms with Gasteiger partial charge in [-0.15, -0.1) is 5.10 Å². The summed E-state index contributed by atoms with van der Waals surface area (Å²) in [5.41, 5.74) is 4.89. The summed E-state index contributed by atoms with van der Waals surface area (Å²) < 4.78 is 1.30. The van der Waals surface area contributed by atoms with Crippen molar-refractivity contribution in [2.75, 3.05) is 0 Å². The summed E-state index contributed by atoms with van der Waals surface area (Å²) in [5, 5.41) is 25.1. The summed E-state index contributed by atoms with van der Waals surface area (Å²) in [6.45, 7) is 3.16. The second-order valence-electron chi connectivity index (χ2n) is 4.74. The lowest BCUT2D eigenvalue weighted by molar-refractivity contribution is -0.146. The van der Waals surface area contributed by atoms with Crippen molar-refractivity contribution in [2.24, 2.45) is 11.1 Å². The molecular weight excluding hydrogens is 240 g/mol. The third kappa shape index (κ3) is 3.52. The summed E-state index contributed by atoms with van der Waals surface area (Å²) >= 11 is 0. The van der Waals surface area contributed by atoms with Gasteiger partial charge in [-0.2, -0.15) is 0 Å². The Bertz CT molecular complexity index is 454. The van der Waals surface area contributed by atoms with E-state index in [0.29, 0.717) is 5.69 Å². The van der Waals surface area contributed by atoms with Gasteiger partial charge in [0.2, 0.25) is 0 Å². The number of nitrogens with zero attached hydrogens (tertiary/aromatic N) is 3. The highest BCUT2D eigenvalue weighted by atomic mass is 16.4. The van der Waals surface area contributed by atoms with Crippen LogP contribution in [-0.4, -0.2) is 43.2 Å². The monoisotopic (exact) mass is 256 g/mol. The van der Waals surface area contributed by atoms with Crippen LogP contribution in [0.25, 0.3) is 0 Å². The van der Waals surface area contributed by atoms with E-state index >= 15 is 0 Å². The number of carbonyl (C=O) groups is 2. The molecule has 1 rings (SSSR count). The van der Waals surface area contributed by atoms with Crippen molar-refractivity contribution in [1.29, 1.82) is 0 Å². The molecule has 1 heterocycles. The maximum atomic E-state index is 10.9. The van der Waals surface area contributed by atoms with Crippen LogP contribution in [0.1, 0.15) is 19.5 Å². The highest BCUT2D eigenvalue weighted by Crippen LogP contribution is 2.20. The topological polar surface area (TPSA) is 131 Å². The summed E-state index contributed by atoms with van der Waals surface area (Å²) in [6, 6.07) is -1.06. The second kappa shape index (κ2) is 5.13. The number of aliphatic carboxylic acids is 2. The van der Waals surface area contributed by atoms with Crippen LogP contribution in [0.2, 0.25) is 0 Å². The van der Waals surface area contributed by atoms with Crippen molar-refractivity contribution < 1.29 is 19.8 Å². The minimum Gasteiger partial charge on any atom is -0.481 e. The molecule has 0 amide bonds. The van der Waals surface area contributed by atoms with Crippen molar-refractivity contribution in [3.05, 3.63) is 11.9 Å². The Morgan fingerprint density at radius 3 is 2.61 bits per heavy atom. The molecule has 1 aromatic heterocycles. The molecule has 0 spiro atoms. The Balaban J connectivity index is 2.70. The number of carboxylic acid groups (broad SMARTS) is 2. The van der Waals surface area contributed by atoms with Gasteiger partial charge < -0.3 is 15.9 Å². The molecule has 1 unspecified atom stereocenters. The first-order valence-corrected chi connectivity index (χ1v) is 5.33. The van der Waals surface area contributed by atoms with Gasteiger partial charge in [0.05, 0.1) is 17.7 Å². The van der Waals surface area contributed by atoms with Gasteiger partial charge in [-0.05, 0) is 13.8 Å². The predicted molar refractivity (Wildman–Crippen MR) is 60.8 cm³/mol. The summed E-state index contributed by atoms with van der Waals surface area (Å²) in [6.07, 6.45) is 1.72. The Kier molecular flexibility index (Phi) is 4.02. The minimum atomic E-state index is -1.13. The molecule has 4 N–H and O–H groups in total. The molecule has 0 saturated heterocycles. The number of hydrogen-bond acceptors (Lipinski definition) is 5. The van der Waals surface area contributed by atoms with Gasteiger partial charge in [0.15, 0.2) is 0 Å². The van der Waals surface area contributed by atoms with Crippen molar-refractivity contribution in [3.63, 3.8) is 0 Å². The molecule has 0 saturated carbocycles. The molecule has 0 fully saturated rings. The van der Waals surface area contributed by atoms with Crippen LogP contribution < -0.4 is 5.73 Å². The Morgan fingerprint density at radius 1 is 1.50 bits per heavy atom. The lowest BCUT2D eigenvalue weighted by Crippen LogP contribution is -2.34. The highest BCUT2D eigenvalue weighted by Gasteiger charge is 2.28. The van der Waals surface area contributed by atoms with Crippen LogP contribution in [0.3, 0.4) is 0 Å². The van der Waals surface area contributed by atoms with Gasteiger partial charge in [-0.3, -0.25) is 14.3 Å². The number of hydrogen-bond donors (Lipinski definition) is 3. The fourth-order valence-corrected chi connectivity index (χ4v) is 1.32. The van der Waals surface area contributed by atoms with Gasteiger partial charge in [0.25, 0.3) is 0 Å². The quantitative estimate of drug-likeness (QED) is 0.615. The summed E-state index contributed by atoms with van der Waals surface area (Å²) in [5.74, 6) is -2.06. The SMILES string of the molecule is CC(C)(Cc1cn(CC(N)C(=O)O)nn1)C(=O)O. The number of rotatable bonds is 6. The van der Waals surface area contributed by atoms with Crippen molar-refractivity contribution in [2.45, 2.75) is 32.9 Å². The molecule has 8 heteroatoms. The van der Waals surface area contributed by atoms with Gasteiger partial charge in [-0.25, -0.2) is 0 Å². The molecular formula is C10H16N4O4. The lowest BCUT2D eigenvalue weighted by atomic mass is 9.88. The lowest BCUT2D eigenvalue weighted by Gasteiger charge is -2.16. The van der Waals surface area contributed by atoms with Crippen molar-refractivity contribution >= 4 is 11.9 Å². The molecule has 0 radical (unpaired) electrons. The van der Waals surface area contributed by atoms with Crippen LogP contribution >= 0.6 is 0 Å². The normalized spacial score (nSPS) is 13.3. The molecule has 8 nitrogen and oxygen atoms in total. The average Bonchev–Trinajstić information content (AvgIpc) is 2.64. The largest absolute Gasteiger partial charge is 0.481 e. The Labute approximate surface area is 103 Å². The molecule has 0 aliphatic carbocycles. The second-order valence-corrected chi connectivity index (χ2v) is 4.74. The molecule has 0 aliphatic rings. The molecule has 1 atom stereocenters. The van der Waals surface area contributed by atoms with Crippen molar-refractivity contribution in [3.8, 4) is 0 Å². The average molecular weight is 256 g/mol. The van der Waals surface area contributed by atoms with Gasteiger partial charge in [0, 0.05) is 12.6 Å². The van der Waals surface area contributed by atoms with Crippen LogP contribution in [0.5, 0.6) is 0 Å². The maximum absolute atomic E-state index is 10.9. The Morgan fingerprint density at radius 2 is 2.11 bits per heavy atom.